The van der Waals surface area contributed by atoms with Gasteiger partial charge in [-0.1, -0.05) is 6.07 Å². The Bertz CT molecular complexity index is 705. The van der Waals surface area contributed by atoms with Crippen molar-refractivity contribution in [3.63, 3.8) is 0 Å². The summed E-state index contributed by atoms with van der Waals surface area (Å²) >= 11 is 1.23. The molecular weight excluding hydrogens is 252 g/mol. The summed E-state index contributed by atoms with van der Waals surface area (Å²) in [4.78, 5) is 26.8. The van der Waals surface area contributed by atoms with Crippen LogP contribution in [0.5, 0.6) is 0 Å². The highest BCUT2D eigenvalue weighted by Gasteiger charge is 2.08. The second kappa shape index (κ2) is 4.69. The van der Waals surface area contributed by atoms with E-state index < -0.39 is 11.1 Å². The smallest absolute Gasteiger partial charge is 0.339 e. The predicted molar refractivity (Wildman–Crippen MR) is 69.8 cm³/mol. The quantitative estimate of drug-likeness (QED) is 0.609. The number of aromatic amines is 1. The molecule has 1 aromatic carbocycles. The molecule has 2 rings (SSSR count). The Balaban J connectivity index is 2.46. The third kappa shape index (κ3) is 2.45. The molecule has 3 N–H and O–H groups in total. The van der Waals surface area contributed by atoms with Gasteiger partial charge in [0.05, 0.1) is 0 Å². The van der Waals surface area contributed by atoms with E-state index in [0.29, 0.717) is 10.8 Å². The summed E-state index contributed by atoms with van der Waals surface area (Å²) in [5.41, 5.74) is 5.97. The molecule has 0 saturated heterocycles. The maximum Gasteiger partial charge on any atom is 0.339 e. The van der Waals surface area contributed by atoms with Crippen molar-refractivity contribution in [2.75, 3.05) is 5.73 Å². The number of rotatable bonds is 2. The van der Waals surface area contributed by atoms with Crippen molar-refractivity contribution in [3.8, 4) is 0 Å². The molecule has 0 amide bonds. The highest BCUT2D eigenvalue weighted by molar-refractivity contribution is 7.99. The van der Waals surface area contributed by atoms with Crippen LogP contribution < -0.4 is 16.9 Å². The van der Waals surface area contributed by atoms with Crippen LogP contribution in [0.15, 0.2) is 37.8 Å². The number of aromatic nitrogens is 3. The second-order valence-corrected chi connectivity index (χ2v) is 4.85. The van der Waals surface area contributed by atoms with Gasteiger partial charge < -0.3 is 5.73 Å². The third-order valence-corrected chi connectivity index (χ3v) is 3.44. The van der Waals surface area contributed by atoms with E-state index in [-0.39, 0.29) is 0 Å². The van der Waals surface area contributed by atoms with Gasteiger partial charge in [0, 0.05) is 17.6 Å². The van der Waals surface area contributed by atoms with Gasteiger partial charge in [-0.2, -0.15) is 4.98 Å². The van der Waals surface area contributed by atoms with Crippen LogP contribution in [0, 0.1) is 6.92 Å². The normalized spacial score (nSPS) is 10.6. The van der Waals surface area contributed by atoms with E-state index in [1.54, 1.807) is 13.1 Å². The molecule has 0 aliphatic heterocycles. The van der Waals surface area contributed by atoms with Crippen LogP contribution in [0.25, 0.3) is 0 Å². The predicted octanol–water partition coefficient (Wildman–Crippen LogP) is 0.510. The maximum atomic E-state index is 11.2. The summed E-state index contributed by atoms with van der Waals surface area (Å²) in [7, 11) is 1.61. The molecule has 2 aromatic rings. The van der Waals surface area contributed by atoms with Crippen LogP contribution in [-0.2, 0) is 7.05 Å². The number of nitrogens with zero attached hydrogens (tertiary/aromatic N) is 2. The lowest BCUT2D eigenvalue weighted by atomic mass is 10.2. The second-order valence-electron chi connectivity index (χ2n) is 3.84. The Morgan fingerprint density at radius 2 is 2.11 bits per heavy atom. The van der Waals surface area contributed by atoms with Gasteiger partial charge in [-0.25, -0.2) is 0 Å². The molecule has 0 aliphatic rings. The van der Waals surface area contributed by atoms with E-state index in [4.69, 9.17) is 5.73 Å². The monoisotopic (exact) mass is 264 g/mol. The molecule has 7 heteroatoms. The number of aryl methyl sites for hydroxylation is 2. The standard InChI is InChI=1S/C11H12N4O2S/c1-6-3-4-7(12)8(5-6)18-11-13-9(16)10(17)14-15(11)2/h3-5H,12H2,1-2H3,(H,14,17). The highest BCUT2D eigenvalue weighted by Crippen LogP contribution is 2.30. The SMILES string of the molecule is Cc1ccc(N)c(Sc2nc(=O)c(=O)[nH]n2C)c1. The van der Waals surface area contributed by atoms with Gasteiger partial charge in [0.15, 0.2) is 5.16 Å². The molecule has 0 unspecified atom stereocenters. The van der Waals surface area contributed by atoms with Crippen molar-refractivity contribution < 1.29 is 0 Å². The van der Waals surface area contributed by atoms with Crippen molar-refractivity contribution in [2.45, 2.75) is 17.0 Å². The number of benzene rings is 1. The molecule has 0 aliphatic carbocycles. The van der Waals surface area contributed by atoms with E-state index in [0.717, 1.165) is 10.5 Å². The Kier molecular flexibility index (Phi) is 3.24. The lowest BCUT2D eigenvalue weighted by Gasteiger charge is -2.08. The van der Waals surface area contributed by atoms with Gasteiger partial charge in [-0.05, 0) is 36.4 Å². The van der Waals surface area contributed by atoms with E-state index >= 15 is 0 Å². The summed E-state index contributed by atoms with van der Waals surface area (Å²) in [6, 6.07) is 5.59. The van der Waals surface area contributed by atoms with Crippen molar-refractivity contribution >= 4 is 17.4 Å². The summed E-state index contributed by atoms with van der Waals surface area (Å²) in [5, 5.41) is 2.77. The fourth-order valence-electron chi connectivity index (χ4n) is 1.38. The lowest BCUT2D eigenvalue weighted by molar-refractivity contribution is 0.596. The minimum Gasteiger partial charge on any atom is -0.398 e. The van der Waals surface area contributed by atoms with Crippen LogP contribution in [0.1, 0.15) is 5.56 Å². The van der Waals surface area contributed by atoms with E-state index in [1.807, 2.05) is 19.1 Å². The number of anilines is 1. The average Bonchev–Trinajstić information content (AvgIpc) is 2.30. The lowest BCUT2D eigenvalue weighted by Crippen LogP contribution is -2.33. The Labute approximate surface area is 107 Å². The molecule has 0 saturated carbocycles. The van der Waals surface area contributed by atoms with E-state index in [1.165, 1.54) is 16.4 Å². The molecule has 0 fully saturated rings. The van der Waals surface area contributed by atoms with E-state index in [2.05, 4.69) is 10.1 Å². The zero-order valence-corrected chi connectivity index (χ0v) is 10.7. The number of nitrogens with two attached hydrogens (primary N) is 1. The number of hydrogen-bond acceptors (Lipinski definition) is 5. The van der Waals surface area contributed by atoms with Crippen LogP contribution in [0.3, 0.4) is 0 Å². The van der Waals surface area contributed by atoms with Crippen molar-refractivity contribution in [3.05, 3.63) is 44.5 Å². The molecule has 0 atom stereocenters. The van der Waals surface area contributed by atoms with Gasteiger partial charge in [0.2, 0.25) is 0 Å². The van der Waals surface area contributed by atoms with Gasteiger partial charge in [0.1, 0.15) is 0 Å². The number of H-pyrrole nitrogens is 1. The first-order valence-electron chi connectivity index (χ1n) is 5.18. The molecule has 1 heterocycles. The largest absolute Gasteiger partial charge is 0.398 e. The summed E-state index contributed by atoms with van der Waals surface area (Å²) < 4.78 is 1.40. The Hall–Kier alpha value is -2.02. The van der Waals surface area contributed by atoms with Gasteiger partial charge in [-0.15, -0.1) is 0 Å². The first-order chi connectivity index (χ1) is 8.47. The molecule has 0 bridgehead atoms. The molecule has 6 nitrogen and oxygen atoms in total. The van der Waals surface area contributed by atoms with Crippen molar-refractivity contribution in [1.82, 2.24) is 14.8 Å². The fourth-order valence-corrected chi connectivity index (χ4v) is 2.32. The van der Waals surface area contributed by atoms with E-state index in [9.17, 15) is 9.59 Å². The number of nitrogens with one attached hydrogen (secondary N) is 1. The van der Waals surface area contributed by atoms with Crippen LogP contribution in [-0.4, -0.2) is 14.8 Å². The third-order valence-electron chi connectivity index (χ3n) is 2.32. The number of hydrogen-bond donors (Lipinski definition) is 2. The zero-order chi connectivity index (χ0) is 13.3. The van der Waals surface area contributed by atoms with Crippen molar-refractivity contribution in [1.29, 1.82) is 0 Å². The first kappa shape index (κ1) is 12.4. The van der Waals surface area contributed by atoms with Gasteiger partial charge in [0.25, 0.3) is 0 Å². The zero-order valence-electron chi connectivity index (χ0n) is 9.93. The van der Waals surface area contributed by atoms with Gasteiger partial charge >= 0.3 is 11.1 Å². The summed E-state index contributed by atoms with van der Waals surface area (Å²) in [6.45, 7) is 1.95. The first-order valence-corrected chi connectivity index (χ1v) is 6.00. The minimum absolute atomic E-state index is 0.386. The highest BCUT2D eigenvalue weighted by atomic mass is 32.2. The topological polar surface area (TPSA) is 93.8 Å². The average molecular weight is 264 g/mol. The molecule has 94 valence electrons. The summed E-state index contributed by atoms with van der Waals surface area (Å²) in [6.07, 6.45) is 0. The number of nitrogen functional groups attached to an aromatic ring is 1. The van der Waals surface area contributed by atoms with Crippen LogP contribution in [0.2, 0.25) is 0 Å². The van der Waals surface area contributed by atoms with Gasteiger partial charge in [-0.3, -0.25) is 19.4 Å². The minimum atomic E-state index is -0.804. The van der Waals surface area contributed by atoms with Crippen LogP contribution >= 0.6 is 11.8 Å². The fraction of sp³-hybridized carbons (Fsp3) is 0.182. The molecular formula is C11H12N4O2S. The molecule has 0 spiro atoms. The molecule has 1 aromatic heterocycles. The Morgan fingerprint density at radius 3 is 2.83 bits per heavy atom. The molecule has 18 heavy (non-hydrogen) atoms. The maximum absolute atomic E-state index is 11.2. The van der Waals surface area contributed by atoms with Crippen molar-refractivity contribution in [2.24, 2.45) is 7.05 Å². The molecule has 0 radical (unpaired) electrons. The summed E-state index contributed by atoms with van der Waals surface area (Å²) in [5.74, 6) is 0. The Morgan fingerprint density at radius 1 is 1.39 bits per heavy atom. The van der Waals surface area contributed by atoms with Crippen LogP contribution in [0.4, 0.5) is 5.69 Å².